The molecule has 1 aromatic rings. The first-order chi connectivity index (χ1) is 10.7. The van der Waals surface area contributed by atoms with Crippen LogP contribution in [0.2, 0.25) is 0 Å². The van der Waals surface area contributed by atoms with E-state index in [1.165, 1.54) is 18.4 Å². The van der Waals surface area contributed by atoms with Gasteiger partial charge in [0.25, 0.3) is 5.91 Å². The predicted octanol–water partition coefficient (Wildman–Crippen LogP) is 2.22. The highest BCUT2D eigenvalue weighted by atomic mass is 32.2. The van der Waals surface area contributed by atoms with E-state index in [0.717, 1.165) is 17.2 Å². The second-order valence-corrected chi connectivity index (χ2v) is 5.63. The van der Waals surface area contributed by atoms with Gasteiger partial charge < -0.3 is 9.47 Å². The van der Waals surface area contributed by atoms with Gasteiger partial charge in [-0.1, -0.05) is 6.07 Å². The summed E-state index contributed by atoms with van der Waals surface area (Å²) in [4.78, 5) is 17.1. The zero-order chi connectivity index (χ0) is 17.5. The summed E-state index contributed by atoms with van der Waals surface area (Å²) in [5.74, 6) is -1.55. The standard InChI is InChI=1S/C13H16F3NO5S/c1-3-20-9-21-17(12(18)8-23(2)19)10-5-4-6-11(7-10)22-13(14,15)16/h4-7H,3,8-9H2,1-2H3. The van der Waals surface area contributed by atoms with E-state index in [0.29, 0.717) is 6.61 Å². The fourth-order valence-electron chi connectivity index (χ4n) is 1.50. The Morgan fingerprint density at radius 2 is 2.04 bits per heavy atom. The van der Waals surface area contributed by atoms with Gasteiger partial charge >= 0.3 is 6.36 Å². The number of hydroxylamine groups is 1. The third-order valence-electron chi connectivity index (χ3n) is 2.31. The molecular formula is C13H16F3NO5S. The number of rotatable bonds is 8. The number of carbonyl (C=O) groups is 1. The molecule has 23 heavy (non-hydrogen) atoms. The van der Waals surface area contributed by atoms with Gasteiger partial charge in [-0.15, -0.1) is 13.2 Å². The summed E-state index contributed by atoms with van der Waals surface area (Å²) in [5.41, 5.74) is 0.00176. The quantitative estimate of drug-likeness (QED) is 0.406. The Labute approximate surface area is 133 Å². The smallest absolute Gasteiger partial charge is 0.406 e. The number of nitrogens with zero attached hydrogens (tertiary/aromatic N) is 1. The van der Waals surface area contributed by atoms with Crippen LogP contribution in [0.1, 0.15) is 6.92 Å². The average Bonchev–Trinajstić information content (AvgIpc) is 2.41. The minimum Gasteiger partial charge on any atom is -0.406 e. The third kappa shape index (κ3) is 7.44. The summed E-state index contributed by atoms with van der Waals surface area (Å²) in [5, 5.41) is 0.736. The molecule has 10 heteroatoms. The van der Waals surface area contributed by atoms with Gasteiger partial charge in [0, 0.05) is 29.7 Å². The predicted molar refractivity (Wildman–Crippen MR) is 77.1 cm³/mol. The molecule has 0 radical (unpaired) electrons. The minimum atomic E-state index is -4.86. The average molecular weight is 355 g/mol. The number of hydrogen-bond donors (Lipinski definition) is 0. The molecule has 1 aromatic carbocycles. The molecule has 0 fully saturated rings. The first-order valence-corrected chi connectivity index (χ1v) is 8.15. The van der Waals surface area contributed by atoms with E-state index in [1.807, 2.05) is 0 Å². The molecule has 130 valence electrons. The summed E-state index contributed by atoms with van der Waals surface area (Å²) in [6.45, 7) is 1.73. The molecule has 0 aliphatic heterocycles. The molecule has 0 saturated carbocycles. The molecule has 0 spiro atoms. The molecule has 1 rings (SSSR count). The molecule has 1 atom stereocenters. The van der Waals surface area contributed by atoms with Crippen molar-refractivity contribution < 1.29 is 36.5 Å². The van der Waals surface area contributed by atoms with Gasteiger partial charge in [-0.05, 0) is 19.1 Å². The zero-order valence-corrected chi connectivity index (χ0v) is 13.3. The molecule has 6 nitrogen and oxygen atoms in total. The number of anilines is 1. The highest BCUT2D eigenvalue weighted by Gasteiger charge is 2.31. The fourth-order valence-corrected chi connectivity index (χ4v) is 1.97. The van der Waals surface area contributed by atoms with Crippen LogP contribution in [0.25, 0.3) is 0 Å². The first-order valence-electron chi connectivity index (χ1n) is 6.42. The van der Waals surface area contributed by atoms with E-state index in [4.69, 9.17) is 9.57 Å². The minimum absolute atomic E-state index is 0.00176. The molecule has 0 bridgehead atoms. The van der Waals surface area contributed by atoms with E-state index in [9.17, 15) is 22.2 Å². The summed E-state index contributed by atoms with van der Waals surface area (Å²) in [7, 11) is -1.44. The molecule has 1 amide bonds. The number of hydrogen-bond acceptors (Lipinski definition) is 5. The largest absolute Gasteiger partial charge is 0.573 e. The van der Waals surface area contributed by atoms with Crippen LogP contribution in [0, 0.1) is 0 Å². The van der Waals surface area contributed by atoms with Crippen LogP contribution in [0.5, 0.6) is 5.75 Å². The van der Waals surface area contributed by atoms with Gasteiger partial charge in [0.2, 0.25) is 0 Å². The fraction of sp³-hybridized carbons (Fsp3) is 0.462. The van der Waals surface area contributed by atoms with Crippen LogP contribution in [-0.4, -0.2) is 41.9 Å². The second-order valence-electron chi connectivity index (χ2n) is 4.19. The van der Waals surface area contributed by atoms with E-state index < -0.39 is 28.8 Å². The molecule has 0 aliphatic carbocycles. The van der Waals surface area contributed by atoms with Crippen molar-refractivity contribution in [2.45, 2.75) is 13.3 Å². The lowest BCUT2D eigenvalue weighted by molar-refractivity contribution is -0.274. The number of benzene rings is 1. The molecule has 0 aliphatic rings. The first kappa shape index (κ1) is 19.4. The Hall–Kier alpha value is -1.65. The lowest BCUT2D eigenvalue weighted by atomic mass is 10.3. The SMILES string of the molecule is CCOCON(C(=O)CS(C)=O)c1cccc(OC(F)(F)F)c1. The summed E-state index contributed by atoms with van der Waals surface area (Å²) in [6, 6.07) is 4.69. The Bertz CT molecular complexity index is 553. The zero-order valence-electron chi connectivity index (χ0n) is 12.5. The number of ether oxygens (including phenoxy) is 2. The van der Waals surface area contributed by atoms with Crippen LogP contribution in [0.15, 0.2) is 24.3 Å². The van der Waals surface area contributed by atoms with Gasteiger partial charge in [-0.3, -0.25) is 9.00 Å². The maximum atomic E-state index is 12.3. The van der Waals surface area contributed by atoms with Gasteiger partial charge in [0.05, 0.1) is 5.69 Å². The summed E-state index contributed by atoms with van der Waals surface area (Å²) >= 11 is 0. The van der Waals surface area contributed by atoms with Crippen LogP contribution in [0.3, 0.4) is 0 Å². The van der Waals surface area contributed by atoms with Crippen molar-refractivity contribution >= 4 is 22.4 Å². The topological polar surface area (TPSA) is 65.1 Å². The maximum absolute atomic E-state index is 12.3. The summed E-state index contributed by atoms with van der Waals surface area (Å²) < 4.78 is 56.7. The van der Waals surface area contributed by atoms with E-state index in [-0.39, 0.29) is 18.2 Å². The van der Waals surface area contributed by atoms with Crippen molar-refractivity contribution in [1.29, 1.82) is 0 Å². The maximum Gasteiger partial charge on any atom is 0.573 e. The number of halogens is 3. The highest BCUT2D eigenvalue weighted by Crippen LogP contribution is 2.27. The van der Waals surface area contributed by atoms with Crippen LogP contribution >= 0.6 is 0 Å². The van der Waals surface area contributed by atoms with Gasteiger partial charge in [-0.25, -0.2) is 4.84 Å². The Morgan fingerprint density at radius 1 is 1.35 bits per heavy atom. The molecule has 0 heterocycles. The van der Waals surface area contributed by atoms with E-state index >= 15 is 0 Å². The lowest BCUT2D eigenvalue weighted by Gasteiger charge is -2.22. The van der Waals surface area contributed by atoms with Crippen molar-refractivity contribution in [2.75, 3.05) is 30.5 Å². The Balaban J connectivity index is 2.98. The molecule has 1 unspecified atom stereocenters. The van der Waals surface area contributed by atoms with E-state index in [2.05, 4.69) is 4.74 Å². The normalized spacial score (nSPS) is 12.7. The van der Waals surface area contributed by atoms with Crippen LogP contribution in [0.4, 0.5) is 18.9 Å². The molecule has 0 saturated heterocycles. The van der Waals surface area contributed by atoms with Gasteiger partial charge in [-0.2, -0.15) is 5.06 Å². The number of alkyl halides is 3. The molecular weight excluding hydrogens is 339 g/mol. The third-order valence-corrected chi connectivity index (χ3v) is 2.96. The van der Waals surface area contributed by atoms with Crippen molar-refractivity contribution in [3.63, 3.8) is 0 Å². The Kier molecular flexibility index (Phi) is 7.46. The van der Waals surface area contributed by atoms with Crippen molar-refractivity contribution in [3.05, 3.63) is 24.3 Å². The van der Waals surface area contributed by atoms with Crippen LogP contribution < -0.4 is 9.80 Å². The summed E-state index contributed by atoms with van der Waals surface area (Å²) in [6.07, 6.45) is -3.54. The van der Waals surface area contributed by atoms with Crippen molar-refractivity contribution in [3.8, 4) is 5.75 Å². The monoisotopic (exact) mass is 355 g/mol. The lowest BCUT2D eigenvalue weighted by Crippen LogP contribution is -2.35. The Morgan fingerprint density at radius 3 is 2.61 bits per heavy atom. The van der Waals surface area contributed by atoms with Crippen LogP contribution in [-0.2, 0) is 25.2 Å². The molecule has 0 N–H and O–H groups in total. The van der Waals surface area contributed by atoms with Gasteiger partial charge in [0.15, 0.2) is 6.79 Å². The number of amides is 1. The second kappa shape index (κ2) is 8.85. The van der Waals surface area contributed by atoms with E-state index in [1.54, 1.807) is 6.92 Å². The van der Waals surface area contributed by atoms with Crippen molar-refractivity contribution in [2.24, 2.45) is 0 Å². The number of carbonyl (C=O) groups excluding carboxylic acids is 1. The molecule has 0 aromatic heterocycles. The highest BCUT2D eigenvalue weighted by molar-refractivity contribution is 7.85. The van der Waals surface area contributed by atoms with Gasteiger partial charge in [0.1, 0.15) is 11.5 Å². The van der Waals surface area contributed by atoms with Crippen molar-refractivity contribution in [1.82, 2.24) is 0 Å².